The second-order valence-corrected chi connectivity index (χ2v) is 5.37. The molecule has 0 fully saturated rings. The quantitative estimate of drug-likeness (QED) is 0.774. The minimum atomic E-state index is -0.0450. The number of hydrogen-bond donors (Lipinski definition) is 1. The van der Waals surface area contributed by atoms with Gasteiger partial charge in [0.15, 0.2) is 5.78 Å². The average Bonchev–Trinajstić information content (AvgIpc) is 2.35. The standard InChI is InChI=1S/C13H18O2S/c1-10(8-14)9-16-11(2)13(15)12-6-4-3-5-7-12/h3-7,10-11,14H,8-9H2,1-2H3. The van der Waals surface area contributed by atoms with Gasteiger partial charge in [0.2, 0.25) is 0 Å². The van der Waals surface area contributed by atoms with Gasteiger partial charge in [-0.2, -0.15) is 11.8 Å². The van der Waals surface area contributed by atoms with Crippen molar-refractivity contribution < 1.29 is 9.90 Å². The Morgan fingerprint density at radius 3 is 2.50 bits per heavy atom. The maximum absolute atomic E-state index is 12.0. The molecule has 0 amide bonds. The van der Waals surface area contributed by atoms with Crippen molar-refractivity contribution in [3.05, 3.63) is 35.9 Å². The molecule has 0 aliphatic rings. The zero-order chi connectivity index (χ0) is 12.0. The van der Waals surface area contributed by atoms with Crippen LogP contribution in [0.25, 0.3) is 0 Å². The molecule has 2 unspecified atom stereocenters. The molecule has 0 radical (unpaired) electrons. The Hall–Kier alpha value is -0.800. The molecule has 0 spiro atoms. The van der Waals surface area contributed by atoms with Crippen LogP contribution in [0.2, 0.25) is 0 Å². The molecule has 3 heteroatoms. The first-order chi connectivity index (χ1) is 7.65. The van der Waals surface area contributed by atoms with Crippen molar-refractivity contribution in [2.24, 2.45) is 5.92 Å². The normalized spacial score (nSPS) is 14.4. The zero-order valence-electron chi connectivity index (χ0n) is 9.72. The average molecular weight is 238 g/mol. The van der Waals surface area contributed by atoms with Gasteiger partial charge in [-0.3, -0.25) is 4.79 Å². The smallest absolute Gasteiger partial charge is 0.175 e. The summed E-state index contributed by atoms with van der Waals surface area (Å²) >= 11 is 1.60. The Balaban J connectivity index is 2.49. The predicted octanol–water partition coefficient (Wildman–Crippen LogP) is 2.62. The summed E-state index contributed by atoms with van der Waals surface area (Å²) in [4.78, 5) is 12.0. The summed E-state index contributed by atoms with van der Waals surface area (Å²) in [7, 11) is 0. The maximum atomic E-state index is 12.0. The topological polar surface area (TPSA) is 37.3 Å². The molecule has 0 aliphatic heterocycles. The molecule has 88 valence electrons. The highest BCUT2D eigenvalue weighted by molar-refractivity contribution is 8.00. The number of benzene rings is 1. The SMILES string of the molecule is CC(CO)CSC(C)C(=O)c1ccccc1. The highest BCUT2D eigenvalue weighted by Gasteiger charge is 2.16. The van der Waals surface area contributed by atoms with Crippen molar-refractivity contribution in [2.75, 3.05) is 12.4 Å². The van der Waals surface area contributed by atoms with Gasteiger partial charge in [0, 0.05) is 12.2 Å². The van der Waals surface area contributed by atoms with Crippen molar-refractivity contribution >= 4 is 17.5 Å². The molecule has 1 N–H and O–H groups in total. The van der Waals surface area contributed by atoms with Crippen LogP contribution in [-0.4, -0.2) is 28.5 Å². The van der Waals surface area contributed by atoms with E-state index in [4.69, 9.17) is 5.11 Å². The number of ketones is 1. The number of carbonyl (C=O) groups is 1. The third kappa shape index (κ3) is 3.99. The van der Waals surface area contributed by atoms with Gasteiger partial charge in [-0.15, -0.1) is 0 Å². The lowest BCUT2D eigenvalue weighted by Crippen LogP contribution is -2.16. The highest BCUT2D eigenvalue weighted by atomic mass is 32.2. The minimum Gasteiger partial charge on any atom is -0.396 e. The van der Waals surface area contributed by atoms with E-state index >= 15 is 0 Å². The highest BCUT2D eigenvalue weighted by Crippen LogP contribution is 2.18. The van der Waals surface area contributed by atoms with E-state index in [9.17, 15) is 4.79 Å². The van der Waals surface area contributed by atoms with E-state index in [2.05, 4.69) is 0 Å². The summed E-state index contributed by atoms with van der Waals surface area (Å²) in [6.07, 6.45) is 0. The first-order valence-electron chi connectivity index (χ1n) is 5.47. The number of hydrogen-bond acceptors (Lipinski definition) is 3. The number of thioether (sulfide) groups is 1. The molecule has 0 saturated heterocycles. The molecule has 1 rings (SSSR count). The molecular weight excluding hydrogens is 220 g/mol. The van der Waals surface area contributed by atoms with Crippen LogP contribution >= 0.6 is 11.8 Å². The summed E-state index contributed by atoms with van der Waals surface area (Å²) in [5, 5.41) is 8.86. The summed E-state index contributed by atoms with van der Waals surface area (Å²) in [5.41, 5.74) is 0.763. The molecule has 1 aromatic carbocycles. The van der Waals surface area contributed by atoms with E-state index in [-0.39, 0.29) is 23.6 Å². The van der Waals surface area contributed by atoms with Gasteiger partial charge in [-0.25, -0.2) is 0 Å². The van der Waals surface area contributed by atoms with Crippen LogP contribution in [0.4, 0.5) is 0 Å². The first-order valence-corrected chi connectivity index (χ1v) is 6.51. The minimum absolute atomic E-state index is 0.0450. The molecule has 16 heavy (non-hydrogen) atoms. The van der Waals surface area contributed by atoms with Crippen LogP contribution in [0.15, 0.2) is 30.3 Å². The number of carbonyl (C=O) groups excluding carboxylic acids is 1. The number of rotatable bonds is 6. The fourth-order valence-corrected chi connectivity index (χ4v) is 2.28. The van der Waals surface area contributed by atoms with E-state index in [1.165, 1.54) is 0 Å². The van der Waals surface area contributed by atoms with Crippen molar-refractivity contribution in [1.82, 2.24) is 0 Å². The van der Waals surface area contributed by atoms with E-state index in [1.807, 2.05) is 44.2 Å². The van der Waals surface area contributed by atoms with Gasteiger partial charge in [-0.05, 0) is 18.6 Å². The molecule has 2 atom stereocenters. The van der Waals surface area contributed by atoms with Crippen LogP contribution in [0.1, 0.15) is 24.2 Å². The van der Waals surface area contributed by atoms with Crippen molar-refractivity contribution in [3.8, 4) is 0 Å². The van der Waals surface area contributed by atoms with Gasteiger partial charge >= 0.3 is 0 Å². The first kappa shape index (κ1) is 13.3. The molecule has 0 heterocycles. The van der Waals surface area contributed by atoms with Gasteiger partial charge in [-0.1, -0.05) is 37.3 Å². The summed E-state index contributed by atoms with van der Waals surface area (Å²) in [5.74, 6) is 1.22. The van der Waals surface area contributed by atoms with Crippen LogP contribution in [0.3, 0.4) is 0 Å². The second-order valence-electron chi connectivity index (χ2n) is 3.99. The summed E-state index contributed by atoms with van der Waals surface area (Å²) in [6.45, 7) is 4.08. The van der Waals surface area contributed by atoms with Crippen LogP contribution in [0, 0.1) is 5.92 Å². The molecular formula is C13H18O2S. The Labute approximate surface area is 101 Å². The van der Waals surface area contributed by atoms with Crippen molar-refractivity contribution in [3.63, 3.8) is 0 Å². The molecule has 0 aromatic heterocycles. The molecule has 1 aromatic rings. The lowest BCUT2D eigenvalue weighted by Gasteiger charge is -2.12. The molecule has 2 nitrogen and oxygen atoms in total. The van der Waals surface area contributed by atoms with Crippen LogP contribution in [-0.2, 0) is 0 Å². The maximum Gasteiger partial charge on any atom is 0.175 e. The van der Waals surface area contributed by atoms with Gasteiger partial charge in [0.25, 0.3) is 0 Å². The number of Topliss-reactive ketones (excluding diaryl/α,β-unsaturated/α-hetero) is 1. The molecule has 0 saturated carbocycles. The number of aliphatic hydroxyl groups excluding tert-OH is 1. The van der Waals surface area contributed by atoms with Crippen LogP contribution in [0.5, 0.6) is 0 Å². The number of aliphatic hydroxyl groups is 1. The van der Waals surface area contributed by atoms with Crippen molar-refractivity contribution in [1.29, 1.82) is 0 Å². The largest absolute Gasteiger partial charge is 0.396 e. The van der Waals surface area contributed by atoms with Gasteiger partial charge < -0.3 is 5.11 Å². The summed E-state index contributed by atoms with van der Waals surface area (Å²) < 4.78 is 0. The zero-order valence-corrected chi connectivity index (χ0v) is 10.5. The van der Waals surface area contributed by atoms with E-state index in [0.717, 1.165) is 11.3 Å². The fourth-order valence-electron chi connectivity index (χ4n) is 1.27. The van der Waals surface area contributed by atoms with Gasteiger partial charge in [0.1, 0.15) is 0 Å². The van der Waals surface area contributed by atoms with E-state index in [1.54, 1.807) is 11.8 Å². The Morgan fingerprint density at radius 2 is 1.94 bits per heavy atom. The van der Waals surface area contributed by atoms with E-state index < -0.39 is 0 Å². The molecule has 0 bridgehead atoms. The third-order valence-electron chi connectivity index (χ3n) is 2.37. The second kappa shape index (κ2) is 6.71. The third-order valence-corrected chi connectivity index (χ3v) is 3.85. The Bertz CT molecular complexity index is 324. The Morgan fingerprint density at radius 1 is 1.31 bits per heavy atom. The van der Waals surface area contributed by atoms with Crippen LogP contribution < -0.4 is 0 Å². The van der Waals surface area contributed by atoms with Crippen molar-refractivity contribution in [2.45, 2.75) is 19.1 Å². The van der Waals surface area contributed by atoms with Gasteiger partial charge in [0.05, 0.1) is 5.25 Å². The lowest BCUT2D eigenvalue weighted by atomic mass is 10.1. The molecule has 0 aliphatic carbocycles. The Kier molecular flexibility index (Phi) is 5.56. The predicted molar refractivity (Wildman–Crippen MR) is 68.9 cm³/mol. The monoisotopic (exact) mass is 238 g/mol. The lowest BCUT2D eigenvalue weighted by molar-refractivity contribution is 0.0994. The fraction of sp³-hybridized carbons (Fsp3) is 0.462. The summed E-state index contributed by atoms with van der Waals surface area (Å²) in [6, 6.07) is 9.34. The van der Waals surface area contributed by atoms with E-state index in [0.29, 0.717) is 0 Å².